The van der Waals surface area contributed by atoms with Crippen LogP contribution in [0.1, 0.15) is 74.0 Å². The molecule has 1 aliphatic carbocycles. The van der Waals surface area contributed by atoms with Gasteiger partial charge in [-0.2, -0.15) is 5.26 Å². The minimum atomic E-state index is -0.618. The van der Waals surface area contributed by atoms with Crippen LogP contribution in [0.15, 0.2) is 54.6 Å². The Hall–Kier alpha value is -2.68. The molecule has 2 aromatic rings. The van der Waals surface area contributed by atoms with Crippen LogP contribution in [-0.4, -0.2) is 59.6 Å². The molecule has 0 radical (unpaired) electrons. The molecule has 3 atom stereocenters. The number of nitrogens with zero attached hydrogens (tertiary/aromatic N) is 3. The first-order chi connectivity index (χ1) is 18.6. The van der Waals surface area contributed by atoms with Gasteiger partial charge < -0.3 is 10.0 Å². The molecule has 0 amide bonds. The first-order valence-electron chi connectivity index (χ1n) is 14.8. The van der Waals surface area contributed by atoms with Crippen LogP contribution in [0.4, 0.5) is 0 Å². The maximum Gasteiger partial charge on any atom is 0.321 e. The Morgan fingerprint density at radius 2 is 1.66 bits per heavy atom. The lowest BCUT2D eigenvalue weighted by Gasteiger charge is -2.35. The summed E-state index contributed by atoms with van der Waals surface area (Å²) in [7, 11) is 0. The van der Waals surface area contributed by atoms with E-state index in [2.05, 4.69) is 58.3 Å². The van der Waals surface area contributed by atoms with Crippen LogP contribution in [0.3, 0.4) is 0 Å². The fraction of sp³-hybridized carbons (Fsp3) is 0.576. The molecule has 2 saturated heterocycles. The third-order valence-electron chi connectivity index (χ3n) is 9.56. The fourth-order valence-corrected chi connectivity index (χ4v) is 7.41. The van der Waals surface area contributed by atoms with Crippen LogP contribution in [-0.2, 0) is 11.2 Å². The summed E-state index contributed by atoms with van der Waals surface area (Å²) in [5, 5.41) is 19.3. The van der Waals surface area contributed by atoms with Gasteiger partial charge in [0.1, 0.15) is 6.04 Å². The van der Waals surface area contributed by atoms with Crippen LogP contribution in [0.2, 0.25) is 0 Å². The zero-order valence-corrected chi connectivity index (χ0v) is 22.7. The van der Waals surface area contributed by atoms with E-state index in [0.29, 0.717) is 17.8 Å². The quantitative estimate of drug-likeness (QED) is 0.449. The van der Waals surface area contributed by atoms with Crippen LogP contribution in [0, 0.1) is 29.1 Å². The number of piperidine rings is 1. The van der Waals surface area contributed by atoms with Crippen molar-refractivity contribution in [2.24, 2.45) is 17.8 Å². The summed E-state index contributed by atoms with van der Waals surface area (Å²) in [5.74, 6) is 1.30. The van der Waals surface area contributed by atoms with Crippen LogP contribution >= 0.6 is 0 Å². The highest BCUT2D eigenvalue weighted by Crippen LogP contribution is 2.38. The number of hydrogen-bond acceptors (Lipinski definition) is 4. The summed E-state index contributed by atoms with van der Waals surface area (Å²) in [5.41, 5.74) is 3.42. The Balaban J connectivity index is 1.19. The second-order valence-electron chi connectivity index (χ2n) is 12.0. The fourth-order valence-electron chi connectivity index (χ4n) is 7.41. The number of hydrogen-bond donors (Lipinski definition) is 1. The van der Waals surface area contributed by atoms with Crippen molar-refractivity contribution in [3.8, 4) is 6.07 Å². The van der Waals surface area contributed by atoms with Gasteiger partial charge in [0.05, 0.1) is 11.6 Å². The number of carboxylic acid groups (broad SMARTS) is 1. The Bertz CT molecular complexity index is 1070. The predicted molar refractivity (Wildman–Crippen MR) is 151 cm³/mol. The van der Waals surface area contributed by atoms with Crippen molar-refractivity contribution in [2.45, 2.75) is 69.7 Å². The van der Waals surface area contributed by atoms with E-state index < -0.39 is 5.97 Å². The summed E-state index contributed by atoms with van der Waals surface area (Å²) >= 11 is 0. The zero-order valence-electron chi connectivity index (χ0n) is 22.7. The minimum Gasteiger partial charge on any atom is -0.480 e. The van der Waals surface area contributed by atoms with E-state index in [1.165, 1.54) is 49.7 Å². The van der Waals surface area contributed by atoms with Gasteiger partial charge in [-0.1, -0.05) is 61.7 Å². The highest BCUT2D eigenvalue weighted by Gasteiger charge is 2.43. The Morgan fingerprint density at radius 3 is 2.32 bits per heavy atom. The molecule has 38 heavy (non-hydrogen) atoms. The number of nitriles is 1. The molecule has 2 aromatic carbocycles. The minimum absolute atomic E-state index is 0.295. The third-order valence-corrected chi connectivity index (χ3v) is 9.56. The van der Waals surface area contributed by atoms with Crippen molar-refractivity contribution in [1.82, 2.24) is 9.80 Å². The second-order valence-corrected chi connectivity index (χ2v) is 12.0. The lowest BCUT2D eigenvalue weighted by molar-refractivity contribution is -0.145. The van der Waals surface area contributed by atoms with Gasteiger partial charge in [0, 0.05) is 25.6 Å². The molecule has 2 aliphatic heterocycles. The number of carbonyl (C=O) groups is 1. The molecule has 5 rings (SSSR count). The lowest BCUT2D eigenvalue weighted by Crippen LogP contribution is -2.46. The molecule has 0 bridgehead atoms. The maximum atomic E-state index is 12.5. The topological polar surface area (TPSA) is 67.6 Å². The molecule has 202 valence electrons. The summed E-state index contributed by atoms with van der Waals surface area (Å²) in [4.78, 5) is 17.5. The first kappa shape index (κ1) is 26.9. The van der Waals surface area contributed by atoms with Crippen LogP contribution in [0.5, 0.6) is 0 Å². The monoisotopic (exact) mass is 513 g/mol. The summed E-state index contributed by atoms with van der Waals surface area (Å²) < 4.78 is 0. The highest BCUT2D eigenvalue weighted by atomic mass is 16.4. The van der Waals surface area contributed by atoms with Crippen molar-refractivity contribution in [3.63, 3.8) is 0 Å². The van der Waals surface area contributed by atoms with E-state index in [0.717, 1.165) is 63.5 Å². The van der Waals surface area contributed by atoms with E-state index in [9.17, 15) is 9.90 Å². The molecule has 2 heterocycles. The molecular formula is C33H43N3O2. The molecule has 1 N–H and O–H groups in total. The third kappa shape index (κ3) is 6.65. The molecule has 0 aromatic heterocycles. The van der Waals surface area contributed by atoms with E-state index in [-0.39, 0.29) is 6.04 Å². The average molecular weight is 514 g/mol. The molecule has 5 heteroatoms. The summed E-state index contributed by atoms with van der Waals surface area (Å²) in [6.07, 6.45) is 10.5. The Labute approximate surface area is 228 Å². The van der Waals surface area contributed by atoms with Gasteiger partial charge >= 0.3 is 5.97 Å². The smallest absolute Gasteiger partial charge is 0.321 e. The zero-order chi connectivity index (χ0) is 26.3. The second kappa shape index (κ2) is 12.9. The normalized spacial score (nSPS) is 24.7. The van der Waals surface area contributed by atoms with Crippen LogP contribution < -0.4 is 0 Å². The summed E-state index contributed by atoms with van der Waals surface area (Å²) in [6, 6.07) is 20.7. The average Bonchev–Trinajstić information content (AvgIpc) is 3.36. The molecule has 5 nitrogen and oxygen atoms in total. The van der Waals surface area contributed by atoms with E-state index >= 15 is 0 Å². The van der Waals surface area contributed by atoms with E-state index in [1.807, 2.05) is 12.1 Å². The maximum absolute atomic E-state index is 12.5. The number of rotatable bonds is 9. The van der Waals surface area contributed by atoms with Crippen molar-refractivity contribution < 1.29 is 9.90 Å². The molecule has 0 spiro atoms. The molecule has 3 unspecified atom stereocenters. The Morgan fingerprint density at radius 1 is 0.947 bits per heavy atom. The van der Waals surface area contributed by atoms with Crippen molar-refractivity contribution in [1.29, 1.82) is 5.26 Å². The molecule has 3 fully saturated rings. The van der Waals surface area contributed by atoms with Gasteiger partial charge in [-0.25, -0.2) is 0 Å². The number of carboxylic acids is 1. The number of likely N-dealkylation sites (tertiary alicyclic amines) is 2. The standard InChI is InChI=1S/C33H43N3O2/c34-21-27-15-13-25(14-16-27)11-12-26-17-19-35(20-18-26)22-30-23-36(24-31(30)28-7-3-1-4-8-28)32(33(37)38)29-9-5-2-6-10-29/h1,3-4,7-8,13-16,26,29-32H,2,5-6,9-12,17-20,22-24H2,(H,37,38). The number of aliphatic carboxylic acids is 1. The Kier molecular flexibility index (Phi) is 9.14. The first-order valence-corrected chi connectivity index (χ1v) is 14.8. The van der Waals surface area contributed by atoms with Crippen molar-refractivity contribution >= 4 is 5.97 Å². The number of benzene rings is 2. The van der Waals surface area contributed by atoms with Crippen molar-refractivity contribution in [2.75, 3.05) is 32.7 Å². The molecule has 1 saturated carbocycles. The largest absolute Gasteiger partial charge is 0.480 e. The van der Waals surface area contributed by atoms with Crippen LogP contribution in [0.25, 0.3) is 0 Å². The van der Waals surface area contributed by atoms with Gasteiger partial charge in [-0.05, 0) is 92.6 Å². The van der Waals surface area contributed by atoms with E-state index in [4.69, 9.17) is 5.26 Å². The SMILES string of the molecule is N#Cc1ccc(CCC2CCN(CC3CN(C(C(=O)O)C4CCCCC4)CC3c3ccccc3)CC2)cc1. The molecule has 3 aliphatic rings. The van der Waals surface area contributed by atoms with Crippen molar-refractivity contribution in [3.05, 3.63) is 71.3 Å². The van der Waals surface area contributed by atoms with Gasteiger partial charge in [-0.3, -0.25) is 9.69 Å². The lowest BCUT2D eigenvalue weighted by atomic mass is 9.83. The number of aryl methyl sites for hydroxylation is 1. The summed E-state index contributed by atoms with van der Waals surface area (Å²) in [6.45, 7) is 5.10. The van der Waals surface area contributed by atoms with Gasteiger partial charge in [-0.15, -0.1) is 0 Å². The predicted octanol–water partition coefficient (Wildman–Crippen LogP) is 5.95. The highest BCUT2D eigenvalue weighted by molar-refractivity contribution is 5.74. The van der Waals surface area contributed by atoms with Gasteiger partial charge in [0.15, 0.2) is 0 Å². The van der Waals surface area contributed by atoms with E-state index in [1.54, 1.807) is 0 Å². The van der Waals surface area contributed by atoms with Gasteiger partial charge in [0.25, 0.3) is 0 Å². The molecular weight excluding hydrogens is 470 g/mol. The van der Waals surface area contributed by atoms with Gasteiger partial charge in [0.2, 0.25) is 0 Å².